The zero-order chi connectivity index (χ0) is 14.1. The lowest BCUT2D eigenvalue weighted by Gasteiger charge is -2.08. The molecule has 5 nitrogen and oxygen atoms in total. The van der Waals surface area contributed by atoms with Crippen LogP contribution in [0.4, 0.5) is 0 Å². The summed E-state index contributed by atoms with van der Waals surface area (Å²) in [5, 5.41) is 4.35. The molecule has 0 fully saturated rings. The van der Waals surface area contributed by atoms with E-state index in [0.29, 0.717) is 16.6 Å². The minimum Gasteiger partial charge on any atom is -0.447 e. The molecule has 2 heterocycles. The molecule has 1 amide bonds. The van der Waals surface area contributed by atoms with Gasteiger partial charge in [0.2, 0.25) is 5.89 Å². The number of carbonyl (C=O) groups is 1. The second-order valence-electron chi connectivity index (χ2n) is 4.48. The van der Waals surface area contributed by atoms with Crippen molar-refractivity contribution in [2.75, 3.05) is 0 Å². The van der Waals surface area contributed by atoms with Gasteiger partial charge in [0.15, 0.2) is 0 Å². The zero-order valence-corrected chi connectivity index (χ0v) is 11.4. The van der Waals surface area contributed by atoms with Gasteiger partial charge in [-0.2, -0.15) is 0 Å². The fraction of sp³-hybridized carbons (Fsp3) is 0.143. The van der Waals surface area contributed by atoms with Crippen LogP contribution in [0.3, 0.4) is 0 Å². The maximum Gasteiger partial charge on any atom is 0.268 e. The van der Waals surface area contributed by atoms with Gasteiger partial charge in [0.05, 0.1) is 6.20 Å². The predicted octanol–water partition coefficient (Wildman–Crippen LogP) is 3.30. The highest BCUT2D eigenvalue weighted by molar-refractivity contribution is 6.31. The highest BCUT2D eigenvalue weighted by Gasteiger charge is 2.16. The van der Waals surface area contributed by atoms with Crippen LogP contribution in [-0.2, 0) is 0 Å². The summed E-state index contributed by atoms with van der Waals surface area (Å²) in [7, 11) is 0. The van der Waals surface area contributed by atoms with Crippen LogP contribution in [0, 0.1) is 0 Å². The van der Waals surface area contributed by atoms with Crippen molar-refractivity contribution in [3.05, 3.63) is 53.3 Å². The first kappa shape index (κ1) is 12.7. The summed E-state index contributed by atoms with van der Waals surface area (Å²) in [6, 6.07) is 6.89. The van der Waals surface area contributed by atoms with Gasteiger partial charge in [0.25, 0.3) is 5.91 Å². The topological polar surface area (TPSA) is 70.9 Å². The van der Waals surface area contributed by atoms with Crippen LogP contribution in [0.15, 0.2) is 41.1 Å². The molecule has 3 rings (SSSR count). The first-order valence-electron chi connectivity index (χ1n) is 6.12. The van der Waals surface area contributed by atoms with Gasteiger partial charge in [-0.3, -0.25) is 4.79 Å². The Kier molecular flexibility index (Phi) is 3.20. The molecule has 0 radical (unpaired) electrons. The van der Waals surface area contributed by atoms with E-state index in [2.05, 4.69) is 15.3 Å². The van der Waals surface area contributed by atoms with Gasteiger partial charge < -0.3 is 14.7 Å². The average molecular weight is 290 g/mol. The molecule has 0 unspecified atom stereocenters. The van der Waals surface area contributed by atoms with E-state index >= 15 is 0 Å². The number of fused-ring (bicyclic) bond motifs is 1. The van der Waals surface area contributed by atoms with E-state index in [0.717, 1.165) is 10.9 Å². The fourth-order valence-electron chi connectivity index (χ4n) is 2.01. The second kappa shape index (κ2) is 5.02. The molecule has 2 aromatic heterocycles. The van der Waals surface area contributed by atoms with Gasteiger partial charge in [-0.15, -0.1) is 0 Å². The number of nitrogens with zero attached hydrogens (tertiary/aromatic N) is 1. The van der Waals surface area contributed by atoms with E-state index in [1.807, 2.05) is 19.1 Å². The van der Waals surface area contributed by atoms with E-state index in [1.165, 1.54) is 6.26 Å². The Hall–Kier alpha value is -2.27. The van der Waals surface area contributed by atoms with Gasteiger partial charge in [-0.05, 0) is 31.2 Å². The molecule has 0 aliphatic carbocycles. The molecule has 0 saturated carbocycles. The van der Waals surface area contributed by atoms with Gasteiger partial charge in [0.1, 0.15) is 18.0 Å². The van der Waals surface area contributed by atoms with Gasteiger partial charge >= 0.3 is 0 Å². The van der Waals surface area contributed by atoms with Crippen LogP contribution < -0.4 is 5.32 Å². The molecule has 20 heavy (non-hydrogen) atoms. The SMILES string of the molecule is C[C@@H](NC(=O)c1cc2cc(Cl)ccc2[nH]1)c1ncco1. The zero-order valence-electron chi connectivity index (χ0n) is 10.7. The summed E-state index contributed by atoms with van der Waals surface area (Å²) in [5.41, 5.74) is 1.34. The Morgan fingerprint density at radius 2 is 2.30 bits per heavy atom. The number of amides is 1. The number of rotatable bonds is 3. The first-order valence-corrected chi connectivity index (χ1v) is 6.50. The number of halogens is 1. The molecule has 102 valence electrons. The van der Waals surface area contributed by atoms with E-state index in [9.17, 15) is 4.79 Å². The Balaban J connectivity index is 1.82. The number of benzene rings is 1. The molecule has 1 aromatic carbocycles. The van der Waals surface area contributed by atoms with E-state index < -0.39 is 0 Å². The summed E-state index contributed by atoms with van der Waals surface area (Å²) < 4.78 is 5.15. The van der Waals surface area contributed by atoms with Crippen molar-refractivity contribution in [1.29, 1.82) is 0 Å². The van der Waals surface area contributed by atoms with Crippen molar-refractivity contribution < 1.29 is 9.21 Å². The Morgan fingerprint density at radius 1 is 1.45 bits per heavy atom. The number of oxazole rings is 1. The van der Waals surface area contributed by atoms with Crippen molar-refractivity contribution >= 4 is 28.4 Å². The summed E-state index contributed by atoms with van der Waals surface area (Å²) in [5.74, 6) is 0.250. The number of H-pyrrole nitrogens is 1. The Bertz CT molecular complexity index is 749. The maximum absolute atomic E-state index is 12.2. The van der Waals surface area contributed by atoms with Gasteiger partial charge in [-0.25, -0.2) is 4.98 Å². The molecule has 0 aliphatic heterocycles. The quantitative estimate of drug-likeness (QED) is 0.777. The first-order chi connectivity index (χ1) is 9.63. The molecule has 0 spiro atoms. The van der Waals surface area contributed by atoms with Crippen molar-refractivity contribution in [1.82, 2.24) is 15.3 Å². The summed E-state index contributed by atoms with van der Waals surface area (Å²) in [6.45, 7) is 1.81. The van der Waals surface area contributed by atoms with Crippen LogP contribution in [0.1, 0.15) is 29.3 Å². The van der Waals surface area contributed by atoms with Crippen LogP contribution >= 0.6 is 11.6 Å². The number of hydrogen-bond donors (Lipinski definition) is 2. The molecular formula is C14H12ClN3O2. The van der Waals surface area contributed by atoms with Crippen LogP contribution in [0.5, 0.6) is 0 Å². The molecule has 0 aliphatic rings. The number of nitrogens with one attached hydrogen (secondary N) is 2. The van der Waals surface area contributed by atoms with Crippen LogP contribution in [0.25, 0.3) is 10.9 Å². The fourth-order valence-corrected chi connectivity index (χ4v) is 2.19. The minimum atomic E-state index is -0.299. The molecule has 1 atom stereocenters. The van der Waals surface area contributed by atoms with Crippen LogP contribution in [-0.4, -0.2) is 15.9 Å². The van der Waals surface area contributed by atoms with E-state index in [-0.39, 0.29) is 11.9 Å². The monoisotopic (exact) mass is 289 g/mol. The van der Waals surface area contributed by atoms with E-state index in [1.54, 1.807) is 18.3 Å². The summed E-state index contributed by atoms with van der Waals surface area (Å²) >= 11 is 5.92. The molecule has 3 aromatic rings. The predicted molar refractivity (Wildman–Crippen MR) is 75.7 cm³/mol. The minimum absolute atomic E-state index is 0.219. The van der Waals surface area contributed by atoms with Gasteiger partial charge in [-0.1, -0.05) is 11.6 Å². The van der Waals surface area contributed by atoms with Crippen LogP contribution in [0.2, 0.25) is 5.02 Å². The van der Waals surface area contributed by atoms with Gasteiger partial charge in [0, 0.05) is 15.9 Å². The third-order valence-corrected chi connectivity index (χ3v) is 3.23. The number of aromatic amines is 1. The third kappa shape index (κ3) is 2.40. The Morgan fingerprint density at radius 3 is 3.05 bits per heavy atom. The van der Waals surface area contributed by atoms with Crippen molar-refractivity contribution in [3.63, 3.8) is 0 Å². The highest BCUT2D eigenvalue weighted by atomic mass is 35.5. The summed E-state index contributed by atoms with van der Waals surface area (Å²) in [4.78, 5) is 19.2. The molecule has 2 N–H and O–H groups in total. The highest BCUT2D eigenvalue weighted by Crippen LogP contribution is 2.20. The van der Waals surface area contributed by atoms with Crippen molar-refractivity contribution in [2.24, 2.45) is 0 Å². The largest absolute Gasteiger partial charge is 0.447 e. The smallest absolute Gasteiger partial charge is 0.268 e. The number of carbonyl (C=O) groups excluding carboxylic acids is 1. The normalized spacial score (nSPS) is 12.5. The molecule has 0 saturated heterocycles. The molecule has 0 bridgehead atoms. The average Bonchev–Trinajstić information content (AvgIpc) is 3.07. The van der Waals surface area contributed by atoms with Crippen molar-refractivity contribution in [3.8, 4) is 0 Å². The molecular weight excluding hydrogens is 278 g/mol. The maximum atomic E-state index is 12.2. The standard InChI is InChI=1S/C14H12ClN3O2/c1-8(14-16-4-5-20-14)17-13(19)12-7-9-6-10(15)2-3-11(9)18-12/h2-8,18H,1H3,(H,17,19)/t8-/m1/s1. The lowest BCUT2D eigenvalue weighted by Crippen LogP contribution is -2.27. The van der Waals surface area contributed by atoms with E-state index in [4.69, 9.17) is 16.0 Å². The second-order valence-corrected chi connectivity index (χ2v) is 4.92. The number of hydrogen-bond acceptors (Lipinski definition) is 3. The lowest BCUT2D eigenvalue weighted by molar-refractivity contribution is 0.0930. The number of aromatic nitrogens is 2. The summed E-state index contributed by atoms with van der Waals surface area (Å²) in [6.07, 6.45) is 3.02. The lowest BCUT2D eigenvalue weighted by atomic mass is 10.2. The molecule has 6 heteroatoms. The third-order valence-electron chi connectivity index (χ3n) is 3.00. The van der Waals surface area contributed by atoms with Crippen molar-refractivity contribution in [2.45, 2.75) is 13.0 Å². The Labute approximate surface area is 120 Å².